The van der Waals surface area contributed by atoms with Crippen molar-refractivity contribution in [3.8, 4) is 0 Å². The van der Waals surface area contributed by atoms with Crippen LogP contribution >= 0.6 is 28.3 Å². The molecule has 6 heteroatoms. The minimum Gasteiger partial charge on any atom is -0.366 e. The molecule has 2 fully saturated rings. The summed E-state index contributed by atoms with van der Waals surface area (Å²) in [4.78, 5) is 14.6. The smallest absolute Gasteiger partial charge is 0.253 e. The summed E-state index contributed by atoms with van der Waals surface area (Å²) in [7, 11) is 0. The first-order valence-corrected chi connectivity index (χ1v) is 7.90. The number of morpholine rings is 1. The molecule has 3 rings (SSSR count). The molecule has 1 saturated heterocycles. The summed E-state index contributed by atoms with van der Waals surface area (Å²) in [5, 5.41) is 3.22. The van der Waals surface area contributed by atoms with E-state index in [-0.39, 0.29) is 24.4 Å². The Labute approximate surface area is 139 Å². The van der Waals surface area contributed by atoms with Gasteiger partial charge in [-0.15, -0.1) is 12.4 Å². The van der Waals surface area contributed by atoms with Crippen LogP contribution < -0.4 is 5.32 Å². The van der Waals surface area contributed by atoms with Crippen LogP contribution in [0.5, 0.6) is 0 Å². The van der Waals surface area contributed by atoms with Crippen LogP contribution in [0.2, 0.25) is 0 Å². The molecular formula is C15H20BrClN2O2. The Bertz CT molecular complexity index is 490. The largest absolute Gasteiger partial charge is 0.366 e. The SMILES string of the molecule is Cl.O=C(C1CNCCO1)N(Cc1cccc(Br)c1)C1CC1. The zero-order valence-corrected chi connectivity index (χ0v) is 14.2. The Kier molecular flexibility index (Phi) is 6.05. The van der Waals surface area contributed by atoms with Gasteiger partial charge in [0.05, 0.1) is 6.61 Å². The summed E-state index contributed by atoms with van der Waals surface area (Å²) in [6.45, 7) is 2.74. The van der Waals surface area contributed by atoms with Gasteiger partial charge in [-0.3, -0.25) is 4.79 Å². The summed E-state index contributed by atoms with van der Waals surface area (Å²) in [6.07, 6.45) is 1.90. The van der Waals surface area contributed by atoms with Gasteiger partial charge in [0, 0.05) is 30.1 Å². The van der Waals surface area contributed by atoms with Gasteiger partial charge in [0.1, 0.15) is 6.10 Å². The Morgan fingerprint density at radius 3 is 2.86 bits per heavy atom. The van der Waals surface area contributed by atoms with Gasteiger partial charge < -0.3 is 15.0 Å². The minimum absolute atomic E-state index is 0. The van der Waals surface area contributed by atoms with Crippen LogP contribution in [0.1, 0.15) is 18.4 Å². The molecule has 1 atom stereocenters. The van der Waals surface area contributed by atoms with E-state index >= 15 is 0 Å². The molecule has 1 aliphatic carbocycles. The highest BCUT2D eigenvalue weighted by Gasteiger charge is 2.36. The maximum atomic E-state index is 12.6. The van der Waals surface area contributed by atoms with E-state index in [4.69, 9.17) is 4.74 Å². The van der Waals surface area contributed by atoms with Crippen LogP contribution in [0.4, 0.5) is 0 Å². The molecule has 0 radical (unpaired) electrons. The molecule has 21 heavy (non-hydrogen) atoms. The van der Waals surface area contributed by atoms with Crippen molar-refractivity contribution in [2.24, 2.45) is 0 Å². The maximum Gasteiger partial charge on any atom is 0.253 e. The maximum absolute atomic E-state index is 12.6. The van der Waals surface area contributed by atoms with Crippen molar-refractivity contribution in [2.75, 3.05) is 19.7 Å². The Hall–Kier alpha value is -0.620. The second-order valence-electron chi connectivity index (χ2n) is 5.39. The number of benzene rings is 1. The number of rotatable bonds is 4. The third-order valence-electron chi connectivity index (χ3n) is 3.72. The molecule has 1 heterocycles. The minimum atomic E-state index is -0.323. The van der Waals surface area contributed by atoms with E-state index in [0.29, 0.717) is 25.7 Å². The highest BCUT2D eigenvalue weighted by Crippen LogP contribution is 2.29. The van der Waals surface area contributed by atoms with E-state index in [2.05, 4.69) is 33.4 Å². The lowest BCUT2D eigenvalue weighted by Crippen LogP contribution is -2.49. The highest BCUT2D eigenvalue weighted by molar-refractivity contribution is 9.10. The molecule has 0 spiro atoms. The number of nitrogens with zero attached hydrogens (tertiary/aromatic N) is 1. The lowest BCUT2D eigenvalue weighted by molar-refractivity contribution is -0.146. The Balaban J connectivity index is 0.00000161. The third kappa shape index (κ3) is 4.42. The first-order valence-electron chi connectivity index (χ1n) is 7.11. The molecule has 2 aliphatic rings. The number of ether oxygens (including phenoxy) is 1. The number of carbonyl (C=O) groups is 1. The van der Waals surface area contributed by atoms with Crippen LogP contribution in [0.25, 0.3) is 0 Å². The van der Waals surface area contributed by atoms with Crippen molar-refractivity contribution in [1.29, 1.82) is 0 Å². The fraction of sp³-hybridized carbons (Fsp3) is 0.533. The summed E-state index contributed by atoms with van der Waals surface area (Å²) in [6, 6.07) is 8.54. The number of halogens is 2. The lowest BCUT2D eigenvalue weighted by Gasteiger charge is -2.30. The van der Waals surface area contributed by atoms with E-state index in [1.807, 2.05) is 17.0 Å². The number of carbonyl (C=O) groups excluding carboxylic acids is 1. The van der Waals surface area contributed by atoms with Gasteiger partial charge in [-0.25, -0.2) is 0 Å². The number of amides is 1. The fourth-order valence-corrected chi connectivity index (χ4v) is 2.96. The molecule has 0 bridgehead atoms. The van der Waals surface area contributed by atoms with Crippen LogP contribution in [-0.4, -0.2) is 42.6 Å². The lowest BCUT2D eigenvalue weighted by atomic mass is 10.2. The van der Waals surface area contributed by atoms with Gasteiger partial charge in [0.2, 0.25) is 0 Å². The standard InChI is InChI=1S/C15H19BrN2O2.ClH/c16-12-3-1-2-11(8-12)10-18(13-4-5-13)15(19)14-9-17-6-7-20-14;/h1-3,8,13-14,17H,4-7,9-10H2;1H. The van der Waals surface area contributed by atoms with E-state index < -0.39 is 0 Å². The van der Waals surface area contributed by atoms with Crippen LogP contribution in [0, 0.1) is 0 Å². The molecule has 1 N–H and O–H groups in total. The zero-order valence-electron chi connectivity index (χ0n) is 11.8. The van der Waals surface area contributed by atoms with Gasteiger partial charge in [0.25, 0.3) is 5.91 Å². The molecule has 4 nitrogen and oxygen atoms in total. The molecular weight excluding hydrogens is 356 g/mol. The summed E-state index contributed by atoms with van der Waals surface area (Å²) >= 11 is 3.48. The van der Waals surface area contributed by atoms with Crippen molar-refractivity contribution < 1.29 is 9.53 Å². The molecule has 1 amide bonds. The van der Waals surface area contributed by atoms with Crippen molar-refractivity contribution in [2.45, 2.75) is 31.5 Å². The average molecular weight is 376 g/mol. The van der Waals surface area contributed by atoms with Crippen molar-refractivity contribution in [3.05, 3.63) is 34.3 Å². The predicted molar refractivity (Wildman–Crippen MR) is 87.6 cm³/mol. The molecule has 1 unspecified atom stereocenters. The first kappa shape index (κ1) is 16.7. The molecule has 0 aromatic heterocycles. The van der Waals surface area contributed by atoms with Gasteiger partial charge >= 0.3 is 0 Å². The highest BCUT2D eigenvalue weighted by atomic mass is 79.9. The molecule has 1 aromatic carbocycles. The van der Waals surface area contributed by atoms with Crippen LogP contribution in [0.15, 0.2) is 28.7 Å². The van der Waals surface area contributed by atoms with Gasteiger partial charge in [-0.05, 0) is 30.5 Å². The Morgan fingerprint density at radius 2 is 2.24 bits per heavy atom. The van der Waals surface area contributed by atoms with Crippen molar-refractivity contribution in [3.63, 3.8) is 0 Å². The molecule has 116 valence electrons. The van der Waals surface area contributed by atoms with E-state index in [0.717, 1.165) is 29.4 Å². The van der Waals surface area contributed by atoms with Gasteiger partial charge in [0.15, 0.2) is 0 Å². The van der Waals surface area contributed by atoms with Crippen LogP contribution in [0.3, 0.4) is 0 Å². The second-order valence-corrected chi connectivity index (χ2v) is 6.31. The Morgan fingerprint density at radius 1 is 1.43 bits per heavy atom. The second kappa shape index (κ2) is 7.58. The summed E-state index contributed by atoms with van der Waals surface area (Å²) in [5.41, 5.74) is 1.16. The summed E-state index contributed by atoms with van der Waals surface area (Å²) < 4.78 is 6.65. The first-order chi connectivity index (χ1) is 9.74. The molecule has 1 aliphatic heterocycles. The van der Waals surface area contributed by atoms with Crippen LogP contribution in [-0.2, 0) is 16.1 Å². The number of nitrogens with one attached hydrogen (secondary N) is 1. The monoisotopic (exact) mass is 374 g/mol. The molecule has 1 aromatic rings. The topological polar surface area (TPSA) is 41.6 Å². The predicted octanol–water partition coefficient (Wildman–Crippen LogP) is 2.35. The van der Waals surface area contributed by atoms with Crippen molar-refractivity contribution in [1.82, 2.24) is 10.2 Å². The third-order valence-corrected chi connectivity index (χ3v) is 4.21. The average Bonchev–Trinajstić information content (AvgIpc) is 3.30. The number of hydrogen-bond acceptors (Lipinski definition) is 3. The summed E-state index contributed by atoms with van der Waals surface area (Å²) in [5.74, 6) is 0.125. The van der Waals surface area contributed by atoms with Gasteiger partial charge in [-0.1, -0.05) is 28.1 Å². The van der Waals surface area contributed by atoms with E-state index in [1.165, 1.54) is 0 Å². The quantitative estimate of drug-likeness (QED) is 0.878. The normalized spacial score (nSPS) is 21.5. The molecule has 1 saturated carbocycles. The number of hydrogen-bond donors (Lipinski definition) is 1. The van der Waals surface area contributed by atoms with E-state index in [1.54, 1.807) is 0 Å². The zero-order chi connectivity index (χ0) is 13.9. The van der Waals surface area contributed by atoms with Crippen molar-refractivity contribution >= 4 is 34.2 Å². The fourth-order valence-electron chi connectivity index (χ4n) is 2.51. The van der Waals surface area contributed by atoms with E-state index in [9.17, 15) is 4.79 Å². The van der Waals surface area contributed by atoms with Gasteiger partial charge in [-0.2, -0.15) is 0 Å².